The van der Waals surface area contributed by atoms with Crippen LogP contribution in [0.25, 0.3) is 0 Å². The number of hydrogen-bond donors (Lipinski definition) is 0. The maximum Gasteiger partial charge on any atom is 0.261 e. The average Bonchev–Trinajstić information content (AvgIpc) is 2.67. The molecule has 20 heavy (non-hydrogen) atoms. The Hall–Kier alpha value is -2.08. The second-order valence-electron chi connectivity index (χ2n) is 4.32. The minimum Gasteiger partial charge on any atom is -0.269 e. The molecule has 0 N–H and O–H groups in total. The van der Waals surface area contributed by atoms with Gasteiger partial charge in [0.05, 0.1) is 23.4 Å². The van der Waals surface area contributed by atoms with Crippen LogP contribution in [0.1, 0.15) is 26.4 Å². The quantitative estimate of drug-likeness (QED) is 0.793. The fraction of sp³-hybridized carbons (Fsp3) is 0.0714. The number of carbonyl (C=O) groups excluding carboxylic acids is 2. The van der Waals surface area contributed by atoms with Crippen molar-refractivity contribution < 1.29 is 14.0 Å². The number of hydrogen-bond acceptors (Lipinski definition) is 3. The zero-order valence-corrected chi connectivity index (χ0v) is 11.7. The number of imide groups is 1. The molecule has 0 unspecified atom stereocenters. The molecule has 0 saturated carbocycles. The van der Waals surface area contributed by atoms with Gasteiger partial charge in [0.2, 0.25) is 0 Å². The van der Waals surface area contributed by atoms with Crippen molar-refractivity contribution in [1.29, 1.82) is 0 Å². The molecule has 0 saturated heterocycles. The van der Waals surface area contributed by atoms with Gasteiger partial charge < -0.3 is 0 Å². The van der Waals surface area contributed by atoms with Crippen LogP contribution in [0.4, 0.5) is 4.39 Å². The Balaban J connectivity index is 1.94. The Labute approximate surface area is 122 Å². The molecule has 1 aliphatic rings. The summed E-state index contributed by atoms with van der Waals surface area (Å²) in [5.74, 6) is -1.40. The standard InChI is InChI=1S/C14H8BrFN2O2/c15-8-5-11(16)12(17-6-8)7-18-13(19)9-3-1-2-4-10(9)14(18)20/h1-6H,7H2. The molecular formula is C14H8BrFN2O2. The van der Waals surface area contributed by atoms with Crippen molar-refractivity contribution in [2.24, 2.45) is 0 Å². The van der Waals surface area contributed by atoms with Crippen molar-refractivity contribution in [2.75, 3.05) is 0 Å². The Bertz CT molecular complexity index is 698. The molecule has 2 amide bonds. The van der Waals surface area contributed by atoms with Crippen molar-refractivity contribution in [2.45, 2.75) is 6.54 Å². The predicted octanol–water partition coefficient (Wildman–Crippen LogP) is 2.78. The van der Waals surface area contributed by atoms with E-state index in [2.05, 4.69) is 20.9 Å². The molecule has 1 aromatic heterocycles. The van der Waals surface area contributed by atoms with Gasteiger partial charge >= 0.3 is 0 Å². The third-order valence-corrected chi connectivity index (χ3v) is 3.50. The Morgan fingerprint density at radius 3 is 2.30 bits per heavy atom. The molecule has 0 radical (unpaired) electrons. The number of amides is 2. The van der Waals surface area contributed by atoms with Crippen LogP contribution in [-0.4, -0.2) is 21.7 Å². The van der Waals surface area contributed by atoms with Gasteiger partial charge in [0.1, 0.15) is 5.82 Å². The highest BCUT2D eigenvalue weighted by Gasteiger charge is 2.35. The van der Waals surface area contributed by atoms with Crippen molar-refractivity contribution in [1.82, 2.24) is 9.88 Å². The molecule has 2 aromatic rings. The minimum atomic E-state index is -0.559. The van der Waals surface area contributed by atoms with Crippen LogP contribution in [0.5, 0.6) is 0 Å². The van der Waals surface area contributed by atoms with E-state index in [1.807, 2.05) is 0 Å². The first-order valence-electron chi connectivity index (χ1n) is 5.83. The molecule has 2 heterocycles. The largest absolute Gasteiger partial charge is 0.269 e. The van der Waals surface area contributed by atoms with E-state index in [1.54, 1.807) is 24.3 Å². The monoisotopic (exact) mass is 334 g/mol. The van der Waals surface area contributed by atoms with Gasteiger partial charge in [-0.05, 0) is 34.1 Å². The number of aromatic nitrogens is 1. The van der Waals surface area contributed by atoms with E-state index in [1.165, 1.54) is 12.3 Å². The summed E-state index contributed by atoms with van der Waals surface area (Å²) in [7, 11) is 0. The van der Waals surface area contributed by atoms with Crippen LogP contribution in [0, 0.1) is 5.82 Å². The topological polar surface area (TPSA) is 50.3 Å². The third-order valence-electron chi connectivity index (χ3n) is 3.07. The molecule has 0 spiro atoms. The van der Waals surface area contributed by atoms with E-state index >= 15 is 0 Å². The maximum absolute atomic E-state index is 13.7. The molecule has 1 aliphatic heterocycles. The van der Waals surface area contributed by atoms with Gasteiger partial charge in [-0.2, -0.15) is 0 Å². The number of pyridine rings is 1. The summed E-state index contributed by atoms with van der Waals surface area (Å²) in [5.41, 5.74) is 0.743. The summed E-state index contributed by atoms with van der Waals surface area (Å²) in [4.78, 5) is 29.2. The van der Waals surface area contributed by atoms with E-state index in [0.29, 0.717) is 15.6 Å². The van der Waals surface area contributed by atoms with Crippen LogP contribution >= 0.6 is 15.9 Å². The Kier molecular flexibility index (Phi) is 3.10. The highest BCUT2D eigenvalue weighted by Crippen LogP contribution is 2.24. The highest BCUT2D eigenvalue weighted by molar-refractivity contribution is 9.10. The summed E-state index contributed by atoms with van der Waals surface area (Å²) in [6, 6.07) is 7.79. The number of nitrogens with zero attached hydrogens (tertiary/aromatic N) is 2. The zero-order chi connectivity index (χ0) is 14.3. The molecule has 3 rings (SSSR count). The molecule has 100 valence electrons. The lowest BCUT2D eigenvalue weighted by Gasteiger charge is -2.13. The number of halogens is 2. The lowest BCUT2D eigenvalue weighted by molar-refractivity contribution is 0.0639. The summed E-state index contributed by atoms with van der Waals surface area (Å²) < 4.78 is 14.2. The average molecular weight is 335 g/mol. The van der Waals surface area contributed by atoms with E-state index < -0.39 is 17.6 Å². The summed E-state index contributed by atoms with van der Waals surface area (Å²) >= 11 is 3.11. The third kappa shape index (κ3) is 2.02. The Morgan fingerprint density at radius 1 is 1.15 bits per heavy atom. The van der Waals surface area contributed by atoms with Crippen LogP contribution in [-0.2, 0) is 6.54 Å². The predicted molar refractivity (Wildman–Crippen MR) is 72.5 cm³/mol. The molecule has 0 atom stereocenters. The number of fused-ring (bicyclic) bond motifs is 1. The van der Waals surface area contributed by atoms with Crippen molar-refractivity contribution in [3.63, 3.8) is 0 Å². The van der Waals surface area contributed by atoms with Gasteiger partial charge in [-0.1, -0.05) is 12.1 Å². The van der Waals surface area contributed by atoms with Gasteiger partial charge in [0, 0.05) is 10.7 Å². The molecular weight excluding hydrogens is 327 g/mol. The fourth-order valence-corrected chi connectivity index (χ4v) is 2.40. The highest BCUT2D eigenvalue weighted by atomic mass is 79.9. The molecule has 4 nitrogen and oxygen atoms in total. The van der Waals surface area contributed by atoms with E-state index in [4.69, 9.17) is 0 Å². The zero-order valence-electron chi connectivity index (χ0n) is 10.1. The van der Waals surface area contributed by atoms with E-state index in [9.17, 15) is 14.0 Å². The fourth-order valence-electron chi connectivity index (χ4n) is 2.09. The maximum atomic E-state index is 13.7. The molecule has 1 aromatic carbocycles. The molecule has 0 fully saturated rings. The van der Waals surface area contributed by atoms with E-state index in [0.717, 1.165) is 4.90 Å². The first kappa shape index (κ1) is 12.9. The smallest absolute Gasteiger partial charge is 0.261 e. The molecule has 0 aliphatic carbocycles. The molecule has 6 heteroatoms. The summed E-state index contributed by atoms with van der Waals surface area (Å²) in [6.45, 7) is -0.175. The first-order valence-corrected chi connectivity index (χ1v) is 6.62. The Morgan fingerprint density at radius 2 is 1.75 bits per heavy atom. The summed E-state index contributed by atoms with van der Waals surface area (Å²) in [6.07, 6.45) is 1.43. The normalized spacial score (nSPS) is 13.8. The second-order valence-corrected chi connectivity index (χ2v) is 5.24. The minimum absolute atomic E-state index is 0.0581. The number of carbonyl (C=O) groups is 2. The van der Waals surface area contributed by atoms with Gasteiger partial charge in [0.15, 0.2) is 0 Å². The van der Waals surface area contributed by atoms with Gasteiger partial charge in [-0.15, -0.1) is 0 Å². The SMILES string of the molecule is O=C1c2ccccc2C(=O)N1Cc1ncc(Br)cc1F. The van der Waals surface area contributed by atoms with E-state index in [-0.39, 0.29) is 12.2 Å². The van der Waals surface area contributed by atoms with Crippen LogP contribution in [0.3, 0.4) is 0 Å². The van der Waals surface area contributed by atoms with Crippen molar-refractivity contribution in [3.8, 4) is 0 Å². The lowest BCUT2D eigenvalue weighted by atomic mass is 10.1. The first-order chi connectivity index (χ1) is 9.58. The van der Waals surface area contributed by atoms with Gasteiger partial charge in [-0.3, -0.25) is 19.5 Å². The van der Waals surface area contributed by atoms with Gasteiger partial charge in [-0.25, -0.2) is 4.39 Å². The van der Waals surface area contributed by atoms with Crippen molar-refractivity contribution >= 4 is 27.7 Å². The van der Waals surface area contributed by atoms with Crippen molar-refractivity contribution in [3.05, 3.63) is 63.6 Å². The van der Waals surface area contributed by atoms with Gasteiger partial charge in [0.25, 0.3) is 11.8 Å². The second kappa shape index (κ2) is 4.79. The number of rotatable bonds is 2. The summed E-state index contributed by atoms with van der Waals surface area (Å²) in [5, 5.41) is 0. The molecule has 0 bridgehead atoms. The number of benzene rings is 1. The van der Waals surface area contributed by atoms with Crippen LogP contribution in [0.2, 0.25) is 0 Å². The van der Waals surface area contributed by atoms with Crippen LogP contribution in [0.15, 0.2) is 41.0 Å². The van der Waals surface area contributed by atoms with Crippen LogP contribution < -0.4 is 0 Å². The lowest BCUT2D eigenvalue weighted by Crippen LogP contribution is -2.30.